The van der Waals surface area contributed by atoms with Crippen LogP contribution in [-0.4, -0.2) is 19.8 Å². The summed E-state index contributed by atoms with van der Waals surface area (Å²) in [4.78, 5) is 0. The molecule has 0 saturated heterocycles. The van der Waals surface area contributed by atoms with Crippen molar-refractivity contribution in [1.82, 2.24) is 5.32 Å². The molecule has 0 spiro atoms. The van der Waals surface area contributed by atoms with Gasteiger partial charge in [0.05, 0.1) is 0 Å². The van der Waals surface area contributed by atoms with Gasteiger partial charge in [0.2, 0.25) is 0 Å². The Morgan fingerprint density at radius 2 is 2.00 bits per heavy atom. The van der Waals surface area contributed by atoms with Crippen molar-refractivity contribution in [3.63, 3.8) is 0 Å². The van der Waals surface area contributed by atoms with E-state index in [4.69, 9.17) is 9.47 Å². The normalized spacial score (nSPS) is 26.5. The highest BCUT2D eigenvalue weighted by Crippen LogP contribution is 2.33. The summed E-state index contributed by atoms with van der Waals surface area (Å²) >= 11 is 0. The summed E-state index contributed by atoms with van der Waals surface area (Å²) in [6.07, 6.45) is 4.15. The predicted octanol–water partition coefficient (Wildman–Crippen LogP) is 3.54. The first-order chi connectivity index (χ1) is 9.72. The van der Waals surface area contributed by atoms with Crippen molar-refractivity contribution < 1.29 is 9.47 Å². The lowest BCUT2D eigenvalue weighted by Gasteiger charge is -2.22. The average molecular weight is 275 g/mol. The monoisotopic (exact) mass is 275 g/mol. The third kappa shape index (κ3) is 3.09. The lowest BCUT2D eigenvalue weighted by molar-refractivity contribution is 0.171. The second-order valence-corrected chi connectivity index (χ2v) is 6.32. The van der Waals surface area contributed by atoms with E-state index in [1.54, 1.807) is 0 Å². The minimum atomic E-state index is 0.363. The maximum atomic E-state index is 5.65. The highest BCUT2D eigenvalue weighted by atomic mass is 16.6. The number of benzene rings is 1. The number of hydrogen-bond acceptors (Lipinski definition) is 3. The molecule has 1 aromatic rings. The Balaban J connectivity index is 1.58. The summed E-state index contributed by atoms with van der Waals surface area (Å²) in [5.41, 5.74) is 1.28. The highest BCUT2D eigenvalue weighted by Gasteiger charge is 2.22. The van der Waals surface area contributed by atoms with E-state index in [9.17, 15) is 0 Å². The van der Waals surface area contributed by atoms with Gasteiger partial charge in [-0.3, -0.25) is 0 Å². The fourth-order valence-corrected chi connectivity index (χ4v) is 3.30. The van der Waals surface area contributed by atoms with Crippen LogP contribution in [0.3, 0.4) is 0 Å². The van der Waals surface area contributed by atoms with Crippen LogP contribution in [0.4, 0.5) is 0 Å². The van der Waals surface area contributed by atoms with E-state index in [0.29, 0.717) is 19.3 Å². The Morgan fingerprint density at radius 1 is 1.20 bits per heavy atom. The average Bonchev–Trinajstić information content (AvgIpc) is 2.90. The van der Waals surface area contributed by atoms with Crippen LogP contribution in [0, 0.1) is 11.8 Å². The van der Waals surface area contributed by atoms with E-state index in [1.165, 1.54) is 24.8 Å². The molecule has 1 aliphatic carbocycles. The largest absolute Gasteiger partial charge is 0.486 e. The summed E-state index contributed by atoms with van der Waals surface area (Å²) in [6, 6.07) is 6.65. The number of rotatable bonds is 4. The molecular weight excluding hydrogens is 250 g/mol. The van der Waals surface area contributed by atoms with Gasteiger partial charge >= 0.3 is 0 Å². The molecular formula is C17H25NO2. The van der Waals surface area contributed by atoms with Gasteiger partial charge in [-0.25, -0.2) is 0 Å². The van der Waals surface area contributed by atoms with E-state index in [-0.39, 0.29) is 0 Å². The maximum Gasteiger partial charge on any atom is 0.161 e. The van der Waals surface area contributed by atoms with Gasteiger partial charge in [0, 0.05) is 6.04 Å². The summed E-state index contributed by atoms with van der Waals surface area (Å²) in [6.45, 7) is 7.02. The highest BCUT2D eigenvalue weighted by molar-refractivity contribution is 5.44. The number of nitrogens with one attached hydrogen (secondary N) is 1. The van der Waals surface area contributed by atoms with Crippen molar-refractivity contribution >= 4 is 0 Å². The molecule has 0 aromatic heterocycles. The molecule has 0 radical (unpaired) electrons. The lowest BCUT2D eigenvalue weighted by atomic mass is 10.0. The van der Waals surface area contributed by atoms with E-state index in [0.717, 1.165) is 29.9 Å². The van der Waals surface area contributed by atoms with Crippen LogP contribution < -0.4 is 14.8 Å². The van der Waals surface area contributed by atoms with E-state index in [1.807, 2.05) is 6.07 Å². The number of ether oxygens (including phenoxy) is 2. The van der Waals surface area contributed by atoms with Crippen molar-refractivity contribution in [2.45, 2.75) is 39.2 Å². The first kappa shape index (κ1) is 13.7. The van der Waals surface area contributed by atoms with E-state index >= 15 is 0 Å². The van der Waals surface area contributed by atoms with Crippen molar-refractivity contribution in [3.8, 4) is 11.5 Å². The summed E-state index contributed by atoms with van der Waals surface area (Å²) in [5.74, 6) is 3.52. The van der Waals surface area contributed by atoms with Crippen LogP contribution in [0.5, 0.6) is 11.5 Å². The zero-order valence-corrected chi connectivity index (χ0v) is 12.5. The standard InChI is InChI=1S/C17H25NO2/c1-12-3-4-14(9-12)11-18-13(2)15-5-6-16-17(10-15)20-8-7-19-16/h5-6,10,12-14,18H,3-4,7-9,11H2,1-2H3. The molecule has 3 nitrogen and oxygen atoms in total. The van der Waals surface area contributed by atoms with Gasteiger partial charge in [-0.1, -0.05) is 19.4 Å². The molecule has 2 aliphatic rings. The van der Waals surface area contributed by atoms with Crippen LogP contribution in [0.25, 0.3) is 0 Å². The van der Waals surface area contributed by atoms with Crippen molar-refractivity contribution in [3.05, 3.63) is 23.8 Å². The fraction of sp³-hybridized carbons (Fsp3) is 0.647. The quantitative estimate of drug-likeness (QED) is 0.911. The molecule has 3 unspecified atom stereocenters. The van der Waals surface area contributed by atoms with Gasteiger partial charge in [-0.2, -0.15) is 0 Å². The van der Waals surface area contributed by atoms with Crippen LogP contribution >= 0.6 is 0 Å². The molecule has 1 saturated carbocycles. The van der Waals surface area contributed by atoms with E-state index in [2.05, 4.69) is 31.3 Å². The molecule has 3 rings (SSSR count). The number of hydrogen-bond donors (Lipinski definition) is 1. The minimum absolute atomic E-state index is 0.363. The fourth-order valence-electron chi connectivity index (χ4n) is 3.30. The molecule has 3 heteroatoms. The summed E-state index contributed by atoms with van der Waals surface area (Å²) in [7, 11) is 0. The zero-order valence-electron chi connectivity index (χ0n) is 12.5. The molecule has 1 fully saturated rings. The van der Waals surface area contributed by atoms with Crippen LogP contribution in [0.15, 0.2) is 18.2 Å². The van der Waals surface area contributed by atoms with Crippen LogP contribution in [-0.2, 0) is 0 Å². The van der Waals surface area contributed by atoms with Gasteiger partial charge in [0.1, 0.15) is 13.2 Å². The Kier molecular flexibility index (Phi) is 4.16. The van der Waals surface area contributed by atoms with Crippen LogP contribution in [0.2, 0.25) is 0 Å². The second kappa shape index (κ2) is 6.04. The molecule has 1 heterocycles. The van der Waals surface area contributed by atoms with Crippen molar-refractivity contribution in [2.75, 3.05) is 19.8 Å². The molecule has 1 N–H and O–H groups in total. The Morgan fingerprint density at radius 3 is 2.75 bits per heavy atom. The second-order valence-electron chi connectivity index (χ2n) is 6.32. The molecule has 0 bridgehead atoms. The molecule has 3 atom stereocenters. The molecule has 0 amide bonds. The predicted molar refractivity (Wildman–Crippen MR) is 80.4 cm³/mol. The van der Waals surface area contributed by atoms with Gasteiger partial charge in [-0.05, 0) is 55.8 Å². The van der Waals surface area contributed by atoms with Crippen molar-refractivity contribution in [1.29, 1.82) is 0 Å². The Bertz CT molecular complexity index is 460. The molecule has 20 heavy (non-hydrogen) atoms. The summed E-state index contributed by atoms with van der Waals surface area (Å²) < 4.78 is 11.2. The van der Waals surface area contributed by atoms with Crippen molar-refractivity contribution in [2.24, 2.45) is 11.8 Å². The smallest absolute Gasteiger partial charge is 0.161 e. The summed E-state index contributed by atoms with van der Waals surface area (Å²) in [5, 5.41) is 3.67. The van der Waals surface area contributed by atoms with E-state index < -0.39 is 0 Å². The first-order valence-electron chi connectivity index (χ1n) is 7.85. The van der Waals surface area contributed by atoms with Gasteiger partial charge < -0.3 is 14.8 Å². The van der Waals surface area contributed by atoms with Crippen LogP contribution in [0.1, 0.15) is 44.7 Å². The molecule has 110 valence electrons. The Hall–Kier alpha value is -1.22. The third-order valence-electron chi connectivity index (χ3n) is 4.58. The maximum absolute atomic E-state index is 5.65. The van der Waals surface area contributed by atoms with Gasteiger partial charge in [0.15, 0.2) is 11.5 Å². The molecule has 1 aliphatic heterocycles. The molecule has 1 aromatic carbocycles. The Labute approximate surface area is 121 Å². The third-order valence-corrected chi connectivity index (χ3v) is 4.58. The van der Waals surface area contributed by atoms with Gasteiger partial charge in [0.25, 0.3) is 0 Å². The van der Waals surface area contributed by atoms with Gasteiger partial charge in [-0.15, -0.1) is 0 Å². The first-order valence-corrected chi connectivity index (χ1v) is 7.85. The minimum Gasteiger partial charge on any atom is -0.486 e. The SMILES string of the molecule is CC1CCC(CNC(C)c2ccc3c(c2)OCCO3)C1. The lowest BCUT2D eigenvalue weighted by Crippen LogP contribution is -2.25. The zero-order chi connectivity index (χ0) is 13.9. The number of fused-ring (bicyclic) bond motifs is 1. The topological polar surface area (TPSA) is 30.5 Å².